The van der Waals surface area contributed by atoms with Crippen molar-refractivity contribution in [2.75, 3.05) is 6.54 Å². The van der Waals surface area contributed by atoms with Gasteiger partial charge in [0.15, 0.2) is 0 Å². The lowest BCUT2D eigenvalue weighted by molar-refractivity contribution is 0.0953. The number of amides is 1. The molecule has 0 aromatic carbocycles. The van der Waals surface area contributed by atoms with E-state index in [1.807, 2.05) is 0 Å². The maximum Gasteiger partial charge on any atom is 0.270 e. The van der Waals surface area contributed by atoms with Crippen molar-refractivity contribution < 1.29 is 13.2 Å². The molecule has 108 valence electrons. The van der Waals surface area contributed by atoms with Gasteiger partial charge in [-0.2, -0.15) is 0 Å². The van der Waals surface area contributed by atoms with Gasteiger partial charge in [0.2, 0.25) is 0 Å². The van der Waals surface area contributed by atoms with Crippen molar-refractivity contribution in [2.24, 2.45) is 5.92 Å². The van der Waals surface area contributed by atoms with Gasteiger partial charge in [0.25, 0.3) is 15.0 Å². The van der Waals surface area contributed by atoms with Crippen LogP contribution in [0.25, 0.3) is 0 Å². The number of hydrogen-bond donors (Lipinski definition) is 1. The van der Waals surface area contributed by atoms with Gasteiger partial charge in [0.1, 0.15) is 4.21 Å². The van der Waals surface area contributed by atoms with E-state index < -0.39 is 9.05 Å². The lowest BCUT2D eigenvalue weighted by Gasteiger charge is -2.05. The summed E-state index contributed by atoms with van der Waals surface area (Å²) in [7, 11) is 1.46. The van der Waals surface area contributed by atoms with Crippen molar-refractivity contribution in [3.63, 3.8) is 0 Å². The first-order chi connectivity index (χ1) is 8.80. The molecule has 0 bridgehead atoms. The van der Waals surface area contributed by atoms with Crippen LogP contribution in [-0.4, -0.2) is 20.9 Å². The number of unbranched alkanes of at least 4 members (excludes halogenated alkanes) is 1. The van der Waals surface area contributed by atoms with E-state index in [2.05, 4.69) is 19.2 Å². The van der Waals surface area contributed by atoms with Gasteiger partial charge < -0.3 is 5.32 Å². The third kappa shape index (κ3) is 5.93. The molecule has 0 fully saturated rings. The summed E-state index contributed by atoms with van der Waals surface area (Å²) in [6.45, 7) is 4.93. The molecule has 1 rings (SSSR count). The van der Waals surface area contributed by atoms with Crippen LogP contribution in [0.2, 0.25) is 0 Å². The molecule has 0 aliphatic heterocycles. The SMILES string of the molecule is CC(C)CCCCNC(=O)c1csc(S(=O)(=O)Cl)c1. The average molecular weight is 324 g/mol. The lowest BCUT2D eigenvalue weighted by Crippen LogP contribution is -2.23. The van der Waals surface area contributed by atoms with Gasteiger partial charge in [0.05, 0.1) is 5.56 Å². The van der Waals surface area contributed by atoms with E-state index in [4.69, 9.17) is 10.7 Å². The van der Waals surface area contributed by atoms with Crippen molar-refractivity contribution in [3.8, 4) is 0 Å². The zero-order chi connectivity index (χ0) is 14.5. The molecule has 19 heavy (non-hydrogen) atoms. The van der Waals surface area contributed by atoms with Crippen LogP contribution in [0.3, 0.4) is 0 Å². The standard InChI is InChI=1S/C12H18ClNO3S2/c1-9(2)5-3-4-6-14-12(15)10-7-11(18-8-10)19(13,16)17/h7-9H,3-6H2,1-2H3,(H,14,15). The van der Waals surface area contributed by atoms with Gasteiger partial charge in [-0.05, 0) is 18.4 Å². The molecule has 1 aromatic heterocycles. The fourth-order valence-corrected chi connectivity index (χ4v) is 3.49. The Morgan fingerprint density at radius 3 is 2.63 bits per heavy atom. The molecule has 7 heteroatoms. The van der Waals surface area contributed by atoms with Crippen LogP contribution in [0, 0.1) is 5.92 Å². The molecule has 1 heterocycles. The van der Waals surface area contributed by atoms with E-state index in [9.17, 15) is 13.2 Å². The molecule has 4 nitrogen and oxygen atoms in total. The Labute approximate surface area is 122 Å². The Morgan fingerprint density at radius 1 is 1.42 bits per heavy atom. The average Bonchev–Trinajstić information content (AvgIpc) is 2.76. The molecule has 1 N–H and O–H groups in total. The van der Waals surface area contributed by atoms with Crippen molar-refractivity contribution in [2.45, 2.75) is 37.3 Å². The summed E-state index contributed by atoms with van der Waals surface area (Å²) in [6, 6.07) is 1.30. The molecular formula is C12H18ClNO3S2. The molecule has 0 aliphatic carbocycles. The Bertz CT molecular complexity index is 523. The number of rotatable bonds is 7. The first-order valence-corrected chi connectivity index (χ1v) is 9.31. The minimum Gasteiger partial charge on any atom is -0.352 e. The molecule has 1 aromatic rings. The molecule has 1 amide bonds. The molecule has 0 saturated carbocycles. The largest absolute Gasteiger partial charge is 0.352 e. The number of thiophene rings is 1. The zero-order valence-corrected chi connectivity index (χ0v) is 13.4. The van der Waals surface area contributed by atoms with Crippen LogP contribution in [0.15, 0.2) is 15.7 Å². The van der Waals surface area contributed by atoms with E-state index in [0.29, 0.717) is 18.0 Å². The first-order valence-electron chi connectivity index (χ1n) is 6.12. The number of halogens is 1. The fourth-order valence-electron chi connectivity index (χ4n) is 1.55. The van der Waals surface area contributed by atoms with Crippen molar-refractivity contribution in [1.29, 1.82) is 0 Å². The van der Waals surface area contributed by atoms with Crippen LogP contribution < -0.4 is 5.32 Å². The summed E-state index contributed by atoms with van der Waals surface area (Å²) in [5.41, 5.74) is 0.341. The summed E-state index contributed by atoms with van der Waals surface area (Å²) in [4.78, 5) is 11.7. The number of hydrogen-bond acceptors (Lipinski definition) is 4. The summed E-state index contributed by atoms with van der Waals surface area (Å²) >= 11 is 0.952. The zero-order valence-electron chi connectivity index (χ0n) is 11.0. The summed E-state index contributed by atoms with van der Waals surface area (Å²) in [6.07, 6.45) is 3.14. The summed E-state index contributed by atoms with van der Waals surface area (Å²) < 4.78 is 22.2. The monoisotopic (exact) mass is 323 g/mol. The minimum atomic E-state index is -3.74. The number of carbonyl (C=O) groups is 1. The van der Waals surface area contributed by atoms with Gasteiger partial charge in [-0.15, -0.1) is 11.3 Å². The molecule has 0 spiro atoms. The third-order valence-electron chi connectivity index (χ3n) is 2.57. The van der Waals surface area contributed by atoms with Gasteiger partial charge in [-0.1, -0.05) is 26.7 Å². The fraction of sp³-hybridized carbons (Fsp3) is 0.583. The smallest absolute Gasteiger partial charge is 0.270 e. The van der Waals surface area contributed by atoms with Crippen LogP contribution in [-0.2, 0) is 9.05 Å². The highest BCUT2D eigenvalue weighted by Crippen LogP contribution is 2.23. The molecule has 0 radical (unpaired) electrons. The predicted molar refractivity (Wildman–Crippen MR) is 78.4 cm³/mol. The highest BCUT2D eigenvalue weighted by molar-refractivity contribution is 8.15. The molecule has 0 aliphatic rings. The van der Waals surface area contributed by atoms with E-state index in [0.717, 1.165) is 30.6 Å². The normalized spacial score (nSPS) is 11.8. The number of carbonyl (C=O) groups excluding carboxylic acids is 1. The summed E-state index contributed by atoms with van der Waals surface area (Å²) in [5, 5.41) is 4.27. The Hall–Kier alpha value is -0.590. The Morgan fingerprint density at radius 2 is 2.11 bits per heavy atom. The second-order valence-electron chi connectivity index (χ2n) is 4.74. The number of nitrogens with one attached hydrogen (secondary N) is 1. The molecular weight excluding hydrogens is 306 g/mol. The lowest BCUT2D eigenvalue weighted by atomic mass is 10.1. The highest BCUT2D eigenvalue weighted by Gasteiger charge is 2.16. The Kier molecular flexibility index (Phi) is 6.29. The van der Waals surface area contributed by atoms with Crippen LogP contribution in [0.4, 0.5) is 0 Å². The Balaban J connectivity index is 2.40. The van der Waals surface area contributed by atoms with E-state index in [1.54, 1.807) is 0 Å². The topological polar surface area (TPSA) is 63.2 Å². The predicted octanol–water partition coefficient (Wildman–Crippen LogP) is 3.23. The van der Waals surface area contributed by atoms with Crippen molar-refractivity contribution in [1.82, 2.24) is 5.32 Å². The minimum absolute atomic E-state index is 0.000811. The van der Waals surface area contributed by atoms with Gasteiger partial charge >= 0.3 is 0 Å². The maximum atomic E-state index is 11.7. The van der Waals surface area contributed by atoms with Gasteiger partial charge in [-0.25, -0.2) is 8.42 Å². The second-order valence-corrected chi connectivity index (χ2v) is 8.44. The van der Waals surface area contributed by atoms with Crippen LogP contribution in [0.5, 0.6) is 0 Å². The van der Waals surface area contributed by atoms with E-state index >= 15 is 0 Å². The third-order valence-corrected chi connectivity index (χ3v) is 5.61. The van der Waals surface area contributed by atoms with Crippen LogP contribution in [0.1, 0.15) is 43.5 Å². The van der Waals surface area contributed by atoms with E-state index in [1.165, 1.54) is 11.4 Å². The highest BCUT2D eigenvalue weighted by atomic mass is 35.7. The van der Waals surface area contributed by atoms with E-state index in [-0.39, 0.29) is 10.1 Å². The summed E-state index contributed by atoms with van der Waals surface area (Å²) in [5.74, 6) is 0.413. The van der Waals surface area contributed by atoms with Crippen molar-refractivity contribution >= 4 is 37.0 Å². The molecule has 0 atom stereocenters. The molecule has 0 saturated heterocycles. The van der Waals surface area contributed by atoms with Gasteiger partial charge in [0, 0.05) is 22.6 Å². The maximum absolute atomic E-state index is 11.7. The van der Waals surface area contributed by atoms with Gasteiger partial charge in [-0.3, -0.25) is 4.79 Å². The quantitative estimate of drug-likeness (QED) is 0.619. The molecule has 0 unspecified atom stereocenters. The van der Waals surface area contributed by atoms with Crippen molar-refractivity contribution in [3.05, 3.63) is 17.0 Å². The second kappa shape index (κ2) is 7.26. The first kappa shape index (κ1) is 16.5. The van der Waals surface area contributed by atoms with Crippen LogP contribution >= 0.6 is 22.0 Å².